The fourth-order valence-corrected chi connectivity index (χ4v) is 4.16. The SMILES string of the molecule is COC(=O)[C@@H]1C[C@@H](C(C)(C)C)CN(Cc2cn3nc4ccccc4cc3n2)C1. The van der Waals surface area contributed by atoms with E-state index in [1.54, 1.807) is 0 Å². The van der Waals surface area contributed by atoms with E-state index in [9.17, 15) is 4.79 Å². The number of ether oxygens (including phenoxy) is 1. The summed E-state index contributed by atoms with van der Waals surface area (Å²) in [5.41, 5.74) is 2.92. The minimum Gasteiger partial charge on any atom is -0.469 e. The molecule has 0 N–H and O–H groups in total. The number of fused-ring (bicyclic) bond motifs is 2. The molecule has 28 heavy (non-hydrogen) atoms. The number of esters is 1. The number of carbonyl (C=O) groups excluding carboxylic acids is 1. The molecule has 1 aliphatic heterocycles. The van der Waals surface area contributed by atoms with E-state index < -0.39 is 0 Å². The van der Waals surface area contributed by atoms with Gasteiger partial charge in [-0.25, -0.2) is 9.50 Å². The first-order chi connectivity index (χ1) is 13.3. The van der Waals surface area contributed by atoms with Crippen LogP contribution in [0.15, 0.2) is 36.5 Å². The highest BCUT2D eigenvalue weighted by Crippen LogP contribution is 2.36. The highest BCUT2D eigenvalue weighted by atomic mass is 16.5. The van der Waals surface area contributed by atoms with Gasteiger partial charge in [0.1, 0.15) is 0 Å². The highest BCUT2D eigenvalue weighted by molar-refractivity contribution is 5.80. The summed E-state index contributed by atoms with van der Waals surface area (Å²) in [6.07, 6.45) is 2.88. The predicted molar refractivity (Wildman–Crippen MR) is 109 cm³/mol. The van der Waals surface area contributed by atoms with Crippen LogP contribution in [0, 0.1) is 17.3 Å². The van der Waals surface area contributed by atoms with Gasteiger partial charge in [-0.3, -0.25) is 9.69 Å². The number of hydrogen-bond donors (Lipinski definition) is 0. The third kappa shape index (κ3) is 3.74. The van der Waals surface area contributed by atoms with Crippen LogP contribution in [-0.4, -0.2) is 45.7 Å². The Morgan fingerprint density at radius 1 is 1.25 bits per heavy atom. The van der Waals surface area contributed by atoms with Crippen LogP contribution in [0.5, 0.6) is 0 Å². The van der Waals surface area contributed by atoms with Crippen molar-refractivity contribution in [3.63, 3.8) is 0 Å². The summed E-state index contributed by atoms with van der Waals surface area (Å²) in [6.45, 7) is 9.12. The van der Waals surface area contributed by atoms with E-state index >= 15 is 0 Å². The van der Waals surface area contributed by atoms with Crippen molar-refractivity contribution in [1.82, 2.24) is 19.5 Å². The number of rotatable bonds is 3. The lowest BCUT2D eigenvalue weighted by Crippen LogP contribution is -2.46. The van der Waals surface area contributed by atoms with Crippen LogP contribution in [0.25, 0.3) is 16.6 Å². The van der Waals surface area contributed by atoms with E-state index in [4.69, 9.17) is 9.72 Å². The predicted octanol–water partition coefficient (Wildman–Crippen LogP) is 3.54. The molecule has 0 spiro atoms. The smallest absolute Gasteiger partial charge is 0.309 e. The van der Waals surface area contributed by atoms with Gasteiger partial charge in [-0.2, -0.15) is 5.10 Å². The molecule has 2 aromatic heterocycles. The number of methoxy groups -OCH3 is 1. The molecule has 1 fully saturated rings. The summed E-state index contributed by atoms with van der Waals surface area (Å²) in [5, 5.41) is 5.75. The van der Waals surface area contributed by atoms with Gasteiger partial charge in [0.2, 0.25) is 0 Å². The van der Waals surface area contributed by atoms with Crippen molar-refractivity contribution in [2.75, 3.05) is 20.2 Å². The van der Waals surface area contributed by atoms with Gasteiger partial charge in [0.25, 0.3) is 0 Å². The Hall–Kier alpha value is -2.47. The van der Waals surface area contributed by atoms with Crippen LogP contribution in [0.4, 0.5) is 0 Å². The normalized spacial score (nSPS) is 21.3. The number of likely N-dealkylation sites (tertiary alicyclic amines) is 1. The Morgan fingerprint density at radius 3 is 2.79 bits per heavy atom. The van der Waals surface area contributed by atoms with Crippen LogP contribution in [0.2, 0.25) is 0 Å². The average Bonchev–Trinajstić information content (AvgIpc) is 3.05. The second-order valence-electron chi connectivity index (χ2n) is 8.95. The quantitative estimate of drug-likeness (QED) is 0.651. The molecule has 0 saturated carbocycles. The molecule has 0 unspecified atom stereocenters. The number of hydrogen-bond acceptors (Lipinski definition) is 5. The molecular formula is C22H28N4O2. The lowest BCUT2D eigenvalue weighted by molar-refractivity contribution is -0.149. The first-order valence-electron chi connectivity index (χ1n) is 9.88. The lowest BCUT2D eigenvalue weighted by atomic mass is 9.73. The van der Waals surface area contributed by atoms with Crippen molar-refractivity contribution in [2.24, 2.45) is 17.3 Å². The molecule has 2 atom stereocenters. The molecule has 148 valence electrons. The molecule has 0 radical (unpaired) electrons. The third-order valence-electron chi connectivity index (χ3n) is 5.87. The number of piperidine rings is 1. The number of nitrogens with zero attached hydrogens (tertiary/aromatic N) is 4. The fraction of sp³-hybridized carbons (Fsp3) is 0.500. The number of imidazole rings is 1. The molecule has 0 amide bonds. The monoisotopic (exact) mass is 380 g/mol. The maximum atomic E-state index is 12.2. The number of aromatic nitrogens is 3. The van der Waals surface area contributed by atoms with E-state index in [-0.39, 0.29) is 17.3 Å². The van der Waals surface area contributed by atoms with Crippen LogP contribution in [-0.2, 0) is 16.1 Å². The molecule has 1 aliphatic rings. The minimum absolute atomic E-state index is 0.0827. The fourth-order valence-electron chi connectivity index (χ4n) is 4.16. The standard InChI is InChI=1S/C22H28N4O2/c1-22(2,3)17-9-16(21(27)28-4)11-25(12-17)13-18-14-26-20(23-18)10-15-7-5-6-8-19(15)24-26/h5-8,10,14,16-17H,9,11-13H2,1-4H3/t16-,17-/m1/s1. The summed E-state index contributed by atoms with van der Waals surface area (Å²) >= 11 is 0. The molecule has 1 aromatic carbocycles. The first kappa shape index (κ1) is 18.9. The second kappa shape index (κ2) is 7.17. The van der Waals surface area contributed by atoms with E-state index in [1.807, 2.05) is 28.9 Å². The number of carbonyl (C=O) groups is 1. The molecule has 6 heteroatoms. The zero-order valence-corrected chi connectivity index (χ0v) is 17.1. The van der Waals surface area contributed by atoms with Gasteiger partial charge in [-0.1, -0.05) is 39.0 Å². The van der Waals surface area contributed by atoms with Crippen molar-refractivity contribution >= 4 is 22.5 Å². The van der Waals surface area contributed by atoms with Gasteiger partial charge < -0.3 is 4.74 Å². The van der Waals surface area contributed by atoms with Crippen LogP contribution < -0.4 is 0 Å². The topological polar surface area (TPSA) is 59.7 Å². The van der Waals surface area contributed by atoms with Crippen molar-refractivity contribution in [3.05, 3.63) is 42.2 Å². The Bertz CT molecular complexity index is 952. The molecular weight excluding hydrogens is 352 g/mol. The second-order valence-corrected chi connectivity index (χ2v) is 8.95. The van der Waals surface area contributed by atoms with Crippen LogP contribution in [0.1, 0.15) is 32.9 Å². The summed E-state index contributed by atoms with van der Waals surface area (Å²) in [5.74, 6) is 0.241. The van der Waals surface area contributed by atoms with Crippen LogP contribution in [0.3, 0.4) is 0 Å². The Kier molecular flexibility index (Phi) is 4.83. The highest BCUT2D eigenvalue weighted by Gasteiger charge is 2.37. The maximum absolute atomic E-state index is 12.2. The largest absolute Gasteiger partial charge is 0.469 e. The zero-order chi connectivity index (χ0) is 19.9. The molecule has 1 saturated heterocycles. The molecule has 0 aliphatic carbocycles. The van der Waals surface area contributed by atoms with E-state index in [1.165, 1.54) is 7.11 Å². The van der Waals surface area contributed by atoms with Crippen LogP contribution >= 0.6 is 0 Å². The summed E-state index contributed by atoms with van der Waals surface area (Å²) in [4.78, 5) is 19.3. The maximum Gasteiger partial charge on any atom is 0.309 e. The molecule has 3 heterocycles. The molecule has 6 nitrogen and oxygen atoms in total. The molecule has 3 aromatic rings. The van der Waals surface area contributed by atoms with E-state index in [0.717, 1.165) is 35.2 Å². The number of benzene rings is 1. The van der Waals surface area contributed by atoms with Gasteiger partial charge in [-0.05, 0) is 29.9 Å². The Balaban J connectivity index is 1.59. The minimum atomic E-state index is -0.109. The van der Waals surface area contributed by atoms with Crippen molar-refractivity contribution < 1.29 is 9.53 Å². The van der Waals surface area contributed by atoms with Gasteiger partial charge in [0, 0.05) is 25.0 Å². The van der Waals surface area contributed by atoms with Crippen molar-refractivity contribution in [3.8, 4) is 0 Å². The summed E-state index contributed by atoms with van der Waals surface area (Å²) in [6, 6.07) is 10.1. The Labute approximate surface area is 165 Å². The van der Waals surface area contributed by atoms with Crippen molar-refractivity contribution in [2.45, 2.75) is 33.7 Å². The Morgan fingerprint density at radius 2 is 2.04 bits per heavy atom. The summed E-state index contributed by atoms with van der Waals surface area (Å²) in [7, 11) is 1.48. The van der Waals surface area contributed by atoms with Gasteiger partial charge in [-0.15, -0.1) is 0 Å². The van der Waals surface area contributed by atoms with Gasteiger partial charge in [0.05, 0.1) is 30.4 Å². The van der Waals surface area contributed by atoms with Crippen molar-refractivity contribution in [1.29, 1.82) is 0 Å². The molecule has 4 rings (SSSR count). The third-order valence-corrected chi connectivity index (χ3v) is 5.87. The molecule has 0 bridgehead atoms. The first-order valence-corrected chi connectivity index (χ1v) is 9.88. The van der Waals surface area contributed by atoms with Gasteiger partial charge >= 0.3 is 5.97 Å². The lowest BCUT2D eigenvalue weighted by Gasteiger charge is -2.42. The van der Waals surface area contributed by atoms with Gasteiger partial charge in [0.15, 0.2) is 5.65 Å². The zero-order valence-electron chi connectivity index (χ0n) is 17.1. The van der Waals surface area contributed by atoms with E-state index in [0.29, 0.717) is 19.0 Å². The summed E-state index contributed by atoms with van der Waals surface area (Å²) < 4.78 is 6.89. The average molecular weight is 380 g/mol. The van der Waals surface area contributed by atoms with E-state index in [2.05, 4.69) is 42.9 Å².